The van der Waals surface area contributed by atoms with Crippen LogP contribution in [0.15, 0.2) is 24.3 Å². The predicted octanol–water partition coefficient (Wildman–Crippen LogP) is 1.76. The van der Waals surface area contributed by atoms with Crippen molar-refractivity contribution in [2.24, 2.45) is 11.7 Å². The molecule has 0 aliphatic heterocycles. The van der Waals surface area contributed by atoms with Gasteiger partial charge in [0.1, 0.15) is 0 Å². The van der Waals surface area contributed by atoms with E-state index in [1.54, 1.807) is 7.11 Å². The lowest BCUT2D eigenvalue weighted by molar-refractivity contribution is -0.117. The van der Waals surface area contributed by atoms with Gasteiger partial charge in [0.25, 0.3) is 0 Å². The summed E-state index contributed by atoms with van der Waals surface area (Å²) in [6.07, 6.45) is 0.451. The van der Waals surface area contributed by atoms with Gasteiger partial charge in [-0.25, -0.2) is 0 Å². The van der Waals surface area contributed by atoms with Gasteiger partial charge in [-0.2, -0.15) is 0 Å². The van der Waals surface area contributed by atoms with Crippen LogP contribution in [-0.2, 0) is 16.1 Å². The van der Waals surface area contributed by atoms with E-state index in [4.69, 9.17) is 10.5 Å². The second-order valence-electron chi connectivity index (χ2n) is 4.17. The first-order chi connectivity index (χ1) is 8.17. The van der Waals surface area contributed by atoms with Gasteiger partial charge in [-0.15, -0.1) is 0 Å². The van der Waals surface area contributed by atoms with Crippen molar-refractivity contribution in [3.63, 3.8) is 0 Å². The fraction of sp³-hybridized carbons (Fsp3) is 0.462. The van der Waals surface area contributed by atoms with Crippen LogP contribution in [0.4, 0.5) is 5.69 Å². The number of carbonyl (C=O) groups is 1. The zero-order valence-electron chi connectivity index (χ0n) is 10.4. The van der Waals surface area contributed by atoms with Crippen molar-refractivity contribution in [3.05, 3.63) is 29.8 Å². The molecule has 0 heterocycles. The first kappa shape index (κ1) is 13.7. The number of amides is 1. The maximum absolute atomic E-state index is 11.8. The normalized spacial score (nSPS) is 12.2. The molecular formula is C13H20N2O2. The monoisotopic (exact) mass is 236 g/mol. The molecule has 0 aliphatic rings. The fourth-order valence-corrected chi connectivity index (χ4v) is 1.68. The molecule has 1 atom stereocenters. The van der Waals surface area contributed by atoms with E-state index in [-0.39, 0.29) is 11.8 Å². The maximum atomic E-state index is 11.8. The molecule has 0 saturated carbocycles. The summed E-state index contributed by atoms with van der Waals surface area (Å²) in [4.78, 5) is 11.8. The van der Waals surface area contributed by atoms with E-state index in [1.807, 2.05) is 31.2 Å². The van der Waals surface area contributed by atoms with Gasteiger partial charge in [0.2, 0.25) is 5.91 Å². The topological polar surface area (TPSA) is 64.3 Å². The average molecular weight is 236 g/mol. The Bertz CT molecular complexity index is 366. The summed E-state index contributed by atoms with van der Waals surface area (Å²) in [5.41, 5.74) is 7.34. The minimum absolute atomic E-state index is 0.00421. The van der Waals surface area contributed by atoms with Crippen LogP contribution in [0.25, 0.3) is 0 Å². The highest BCUT2D eigenvalue weighted by atomic mass is 16.5. The summed E-state index contributed by atoms with van der Waals surface area (Å²) in [6.45, 7) is 2.99. The summed E-state index contributed by atoms with van der Waals surface area (Å²) in [7, 11) is 1.64. The van der Waals surface area contributed by atoms with Crippen LogP contribution >= 0.6 is 0 Å². The number of nitrogens with one attached hydrogen (secondary N) is 1. The minimum atomic E-state index is -0.00421. The molecule has 3 N–H and O–H groups in total. The average Bonchev–Trinajstić information content (AvgIpc) is 2.29. The third-order valence-corrected chi connectivity index (χ3v) is 2.50. The number of methoxy groups -OCH3 is 1. The van der Waals surface area contributed by atoms with Gasteiger partial charge >= 0.3 is 0 Å². The summed E-state index contributed by atoms with van der Waals surface area (Å²) < 4.78 is 5.00. The Morgan fingerprint density at radius 3 is 2.82 bits per heavy atom. The second-order valence-corrected chi connectivity index (χ2v) is 4.17. The van der Waals surface area contributed by atoms with E-state index in [1.165, 1.54) is 0 Å². The van der Waals surface area contributed by atoms with Crippen LogP contribution in [0, 0.1) is 5.92 Å². The molecule has 4 heteroatoms. The smallest absolute Gasteiger partial charge is 0.224 e. The van der Waals surface area contributed by atoms with Gasteiger partial charge in [-0.05, 0) is 17.5 Å². The van der Waals surface area contributed by atoms with E-state index in [2.05, 4.69) is 5.32 Å². The van der Waals surface area contributed by atoms with Crippen LogP contribution in [0.1, 0.15) is 18.9 Å². The Labute approximate surface area is 102 Å². The maximum Gasteiger partial charge on any atom is 0.224 e. The first-order valence-electron chi connectivity index (χ1n) is 5.74. The summed E-state index contributed by atoms with van der Waals surface area (Å²) in [6, 6.07) is 7.56. The number of anilines is 1. The number of ether oxygens (including phenoxy) is 1. The van der Waals surface area contributed by atoms with Crippen LogP contribution in [0.2, 0.25) is 0 Å². The lowest BCUT2D eigenvalue weighted by atomic mass is 10.1. The molecule has 4 nitrogen and oxygen atoms in total. The highest BCUT2D eigenvalue weighted by molar-refractivity contribution is 5.91. The Balaban J connectivity index is 2.55. The van der Waals surface area contributed by atoms with E-state index < -0.39 is 0 Å². The molecule has 0 bridgehead atoms. The number of rotatable bonds is 6. The number of carbonyl (C=O) groups excluding carboxylic acids is 1. The summed E-state index contributed by atoms with van der Waals surface area (Å²) in [5, 5.41) is 2.88. The molecule has 1 aromatic carbocycles. The van der Waals surface area contributed by atoms with Gasteiger partial charge in [-0.3, -0.25) is 4.79 Å². The molecule has 0 aromatic heterocycles. The van der Waals surface area contributed by atoms with Crippen LogP contribution in [0.5, 0.6) is 0 Å². The van der Waals surface area contributed by atoms with E-state index in [9.17, 15) is 4.79 Å². The number of benzene rings is 1. The molecule has 0 saturated heterocycles. The fourth-order valence-electron chi connectivity index (χ4n) is 1.68. The Morgan fingerprint density at radius 2 is 2.18 bits per heavy atom. The zero-order chi connectivity index (χ0) is 12.7. The molecule has 1 unspecified atom stereocenters. The van der Waals surface area contributed by atoms with E-state index in [0.717, 1.165) is 11.3 Å². The van der Waals surface area contributed by atoms with Gasteiger partial charge in [-0.1, -0.05) is 25.1 Å². The number of hydrogen-bond acceptors (Lipinski definition) is 3. The molecule has 0 fully saturated rings. The van der Waals surface area contributed by atoms with Crippen molar-refractivity contribution in [1.29, 1.82) is 0 Å². The molecule has 0 spiro atoms. The largest absolute Gasteiger partial charge is 0.384 e. The van der Waals surface area contributed by atoms with E-state index in [0.29, 0.717) is 19.6 Å². The van der Waals surface area contributed by atoms with Crippen LogP contribution in [-0.4, -0.2) is 19.6 Å². The molecule has 0 aliphatic carbocycles. The second kappa shape index (κ2) is 7.04. The first-order valence-corrected chi connectivity index (χ1v) is 5.74. The highest BCUT2D eigenvalue weighted by Gasteiger charge is 2.10. The quantitative estimate of drug-likeness (QED) is 0.791. The lowest BCUT2D eigenvalue weighted by Crippen LogP contribution is -2.18. The molecule has 94 valence electrons. The lowest BCUT2D eigenvalue weighted by Gasteiger charge is -2.12. The molecule has 17 heavy (non-hydrogen) atoms. The minimum Gasteiger partial charge on any atom is -0.384 e. The Kier molecular flexibility index (Phi) is 5.66. The summed E-state index contributed by atoms with van der Waals surface area (Å²) >= 11 is 0. The summed E-state index contributed by atoms with van der Waals surface area (Å²) in [5.74, 6) is 0.209. The van der Waals surface area contributed by atoms with Gasteiger partial charge in [0, 0.05) is 32.4 Å². The van der Waals surface area contributed by atoms with Crippen molar-refractivity contribution >= 4 is 11.6 Å². The number of nitrogens with two attached hydrogens (primary N) is 1. The highest BCUT2D eigenvalue weighted by Crippen LogP contribution is 2.15. The van der Waals surface area contributed by atoms with Crippen molar-refractivity contribution in [1.82, 2.24) is 0 Å². The molecular weight excluding hydrogens is 216 g/mol. The van der Waals surface area contributed by atoms with Crippen molar-refractivity contribution in [3.8, 4) is 0 Å². The number of hydrogen-bond donors (Lipinski definition) is 2. The number of para-hydroxylation sites is 1. The Morgan fingerprint density at radius 1 is 1.47 bits per heavy atom. The van der Waals surface area contributed by atoms with Gasteiger partial charge in [0.15, 0.2) is 0 Å². The van der Waals surface area contributed by atoms with Crippen molar-refractivity contribution < 1.29 is 9.53 Å². The van der Waals surface area contributed by atoms with Crippen molar-refractivity contribution in [2.75, 3.05) is 19.0 Å². The van der Waals surface area contributed by atoms with E-state index >= 15 is 0 Å². The van der Waals surface area contributed by atoms with Crippen LogP contribution < -0.4 is 11.1 Å². The molecule has 1 aromatic rings. The Hall–Kier alpha value is -1.39. The SMILES string of the molecule is COCC(C)CC(=O)Nc1ccccc1CN. The molecule has 1 amide bonds. The third kappa shape index (κ3) is 4.54. The third-order valence-electron chi connectivity index (χ3n) is 2.50. The van der Waals surface area contributed by atoms with Crippen molar-refractivity contribution in [2.45, 2.75) is 19.9 Å². The zero-order valence-corrected chi connectivity index (χ0v) is 10.4. The molecule has 1 rings (SSSR count). The van der Waals surface area contributed by atoms with Gasteiger partial charge < -0.3 is 15.8 Å². The van der Waals surface area contributed by atoms with Gasteiger partial charge in [0.05, 0.1) is 0 Å². The predicted molar refractivity (Wildman–Crippen MR) is 68.6 cm³/mol. The standard InChI is InChI=1S/C13H20N2O2/c1-10(9-17-2)7-13(16)15-12-6-4-3-5-11(12)8-14/h3-6,10H,7-9,14H2,1-2H3,(H,15,16). The molecule has 0 radical (unpaired) electrons. The van der Waals surface area contributed by atoms with Crippen LogP contribution in [0.3, 0.4) is 0 Å².